The fraction of sp³-hybridized carbons (Fsp3) is 0.667. The van der Waals surface area contributed by atoms with Crippen LogP contribution in [0.5, 0.6) is 5.75 Å². The van der Waals surface area contributed by atoms with Crippen LogP contribution in [-0.2, 0) is 15.2 Å². The molecule has 0 radical (unpaired) electrons. The van der Waals surface area contributed by atoms with E-state index in [0.29, 0.717) is 0 Å². The molecule has 0 N–H and O–H groups in total. The molecule has 1 aromatic carbocycles. The summed E-state index contributed by atoms with van der Waals surface area (Å²) < 4.78 is 5.66. The topological polar surface area (TPSA) is 9.23 Å². The normalized spacial score (nSPS) is 13.5. The van der Waals surface area contributed by atoms with Crippen LogP contribution in [0.3, 0.4) is 0 Å². The standard InChI is InChI=1S/C18H29BrO/c1-16(2,3)12-10-13(17(4,5)6)15(20-9)14(11-12)18(7,8)19/h10-11H,1-9H3. The van der Waals surface area contributed by atoms with Gasteiger partial charge in [0.05, 0.1) is 7.11 Å². The molecule has 1 rings (SSSR count). The lowest BCUT2D eigenvalue weighted by Crippen LogP contribution is -2.21. The van der Waals surface area contributed by atoms with Gasteiger partial charge in [-0.05, 0) is 30.2 Å². The average Bonchev–Trinajstić information content (AvgIpc) is 2.23. The highest BCUT2D eigenvalue weighted by atomic mass is 79.9. The van der Waals surface area contributed by atoms with Gasteiger partial charge in [-0.2, -0.15) is 0 Å². The van der Waals surface area contributed by atoms with Gasteiger partial charge in [-0.3, -0.25) is 0 Å². The number of methoxy groups -OCH3 is 1. The third kappa shape index (κ3) is 3.78. The van der Waals surface area contributed by atoms with Crippen LogP contribution in [0, 0.1) is 0 Å². The molecule has 0 amide bonds. The summed E-state index contributed by atoms with van der Waals surface area (Å²) >= 11 is 3.80. The van der Waals surface area contributed by atoms with Gasteiger partial charge in [0.2, 0.25) is 0 Å². The van der Waals surface area contributed by atoms with Crippen LogP contribution in [0.25, 0.3) is 0 Å². The summed E-state index contributed by atoms with van der Waals surface area (Å²) in [7, 11) is 1.77. The Morgan fingerprint density at radius 3 is 1.55 bits per heavy atom. The van der Waals surface area contributed by atoms with Crippen molar-refractivity contribution in [3.63, 3.8) is 0 Å². The van der Waals surface area contributed by atoms with E-state index in [1.807, 2.05) is 0 Å². The molecule has 0 spiro atoms. The monoisotopic (exact) mass is 340 g/mol. The molecule has 0 saturated heterocycles. The van der Waals surface area contributed by atoms with Crippen molar-refractivity contribution in [2.24, 2.45) is 0 Å². The minimum Gasteiger partial charge on any atom is -0.496 e. The van der Waals surface area contributed by atoms with E-state index in [9.17, 15) is 0 Å². The highest BCUT2D eigenvalue weighted by Gasteiger charge is 2.30. The van der Waals surface area contributed by atoms with E-state index in [2.05, 4.69) is 83.5 Å². The highest BCUT2D eigenvalue weighted by Crippen LogP contribution is 2.44. The van der Waals surface area contributed by atoms with E-state index >= 15 is 0 Å². The maximum atomic E-state index is 5.77. The quantitative estimate of drug-likeness (QED) is 0.607. The van der Waals surface area contributed by atoms with Gasteiger partial charge in [-0.25, -0.2) is 0 Å². The Kier molecular flexibility index (Phi) is 4.71. The molecule has 20 heavy (non-hydrogen) atoms. The average molecular weight is 341 g/mol. The first-order valence-electron chi connectivity index (χ1n) is 7.21. The molecule has 0 saturated carbocycles. The number of hydrogen-bond donors (Lipinski definition) is 0. The smallest absolute Gasteiger partial charge is 0.127 e. The minimum absolute atomic E-state index is 0.0552. The van der Waals surface area contributed by atoms with Gasteiger partial charge in [0.15, 0.2) is 0 Å². The summed E-state index contributed by atoms with van der Waals surface area (Å²) in [6.07, 6.45) is 0. The lowest BCUT2D eigenvalue weighted by atomic mass is 9.77. The van der Waals surface area contributed by atoms with Crippen molar-refractivity contribution in [3.05, 3.63) is 28.8 Å². The zero-order chi connectivity index (χ0) is 15.9. The number of hydrogen-bond acceptors (Lipinski definition) is 1. The van der Waals surface area contributed by atoms with Gasteiger partial charge in [0, 0.05) is 15.5 Å². The molecule has 2 heteroatoms. The van der Waals surface area contributed by atoms with Gasteiger partial charge in [0.1, 0.15) is 5.75 Å². The first-order chi connectivity index (χ1) is 8.78. The van der Waals surface area contributed by atoms with Crippen LogP contribution in [0.4, 0.5) is 0 Å². The van der Waals surface area contributed by atoms with Crippen molar-refractivity contribution in [2.75, 3.05) is 7.11 Å². The zero-order valence-electron chi connectivity index (χ0n) is 14.4. The number of alkyl halides is 1. The van der Waals surface area contributed by atoms with Crippen LogP contribution < -0.4 is 4.74 Å². The van der Waals surface area contributed by atoms with Crippen molar-refractivity contribution >= 4 is 15.9 Å². The van der Waals surface area contributed by atoms with E-state index in [-0.39, 0.29) is 15.2 Å². The maximum absolute atomic E-state index is 5.77. The van der Waals surface area contributed by atoms with Crippen molar-refractivity contribution in [1.29, 1.82) is 0 Å². The van der Waals surface area contributed by atoms with Gasteiger partial charge in [-0.15, -0.1) is 0 Å². The lowest BCUT2D eigenvalue weighted by molar-refractivity contribution is 0.388. The van der Waals surface area contributed by atoms with E-state index in [1.165, 1.54) is 16.7 Å². The van der Waals surface area contributed by atoms with Gasteiger partial charge in [-0.1, -0.05) is 69.6 Å². The first kappa shape index (κ1) is 17.6. The van der Waals surface area contributed by atoms with Gasteiger partial charge in [0.25, 0.3) is 0 Å². The molecular weight excluding hydrogens is 312 g/mol. The van der Waals surface area contributed by atoms with E-state index in [0.717, 1.165) is 5.75 Å². The zero-order valence-corrected chi connectivity index (χ0v) is 16.0. The summed E-state index contributed by atoms with van der Waals surface area (Å²) in [6, 6.07) is 4.59. The first-order valence-corrected chi connectivity index (χ1v) is 8.00. The number of rotatable bonds is 2. The molecule has 0 aliphatic rings. The molecule has 1 aromatic rings. The van der Waals surface area contributed by atoms with Crippen molar-refractivity contribution in [3.8, 4) is 5.75 Å². The fourth-order valence-corrected chi connectivity index (χ4v) is 2.57. The Hall–Kier alpha value is -0.500. The highest BCUT2D eigenvalue weighted by molar-refractivity contribution is 9.09. The van der Waals surface area contributed by atoms with Crippen LogP contribution in [0.15, 0.2) is 12.1 Å². The Balaban J connectivity index is 3.75. The van der Waals surface area contributed by atoms with Crippen molar-refractivity contribution < 1.29 is 4.74 Å². The molecule has 1 nitrogen and oxygen atoms in total. The summed E-state index contributed by atoms with van der Waals surface area (Å²) in [6.45, 7) is 17.8. The Morgan fingerprint density at radius 2 is 1.25 bits per heavy atom. The van der Waals surface area contributed by atoms with Gasteiger partial charge < -0.3 is 4.74 Å². The minimum atomic E-state index is -0.112. The van der Waals surface area contributed by atoms with Crippen LogP contribution in [-0.4, -0.2) is 7.11 Å². The van der Waals surface area contributed by atoms with Gasteiger partial charge >= 0.3 is 0 Å². The number of halogens is 1. The third-order valence-electron chi connectivity index (χ3n) is 3.61. The number of ether oxygens (including phenoxy) is 1. The summed E-state index contributed by atoms with van der Waals surface area (Å²) in [5, 5.41) is 0. The Bertz CT molecular complexity index is 447. The molecular formula is C18H29BrO. The Labute approximate surface area is 133 Å². The van der Waals surface area contributed by atoms with Crippen molar-refractivity contribution in [1.82, 2.24) is 0 Å². The lowest BCUT2D eigenvalue weighted by Gasteiger charge is -2.31. The summed E-state index contributed by atoms with van der Waals surface area (Å²) in [5.74, 6) is 1.01. The molecule has 0 bridgehead atoms. The van der Waals surface area contributed by atoms with E-state index in [4.69, 9.17) is 4.74 Å². The number of benzene rings is 1. The molecule has 0 atom stereocenters. The van der Waals surface area contributed by atoms with Crippen LogP contribution in [0.2, 0.25) is 0 Å². The SMILES string of the molecule is COc1c(C(C)(C)C)cc(C(C)(C)C)cc1C(C)(C)Br. The molecule has 0 fully saturated rings. The predicted molar refractivity (Wildman–Crippen MR) is 92.3 cm³/mol. The second-order valence-corrected chi connectivity index (χ2v) is 10.1. The largest absolute Gasteiger partial charge is 0.496 e. The molecule has 0 unspecified atom stereocenters. The maximum Gasteiger partial charge on any atom is 0.127 e. The molecule has 114 valence electrons. The molecule has 0 heterocycles. The molecule has 0 aromatic heterocycles. The van der Waals surface area contributed by atoms with Crippen LogP contribution >= 0.6 is 15.9 Å². The molecule has 0 aliphatic heterocycles. The second-order valence-electron chi connectivity index (χ2n) is 8.08. The predicted octanol–water partition coefficient (Wildman–Crippen LogP) is 5.92. The molecule has 0 aliphatic carbocycles. The Morgan fingerprint density at radius 1 is 0.800 bits per heavy atom. The summed E-state index contributed by atoms with van der Waals surface area (Å²) in [5.41, 5.74) is 4.02. The fourth-order valence-electron chi connectivity index (χ4n) is 2.28. The summed E-state index contributed by atoms with van der Waals surface area (Å²) in [4.78, 5) is 0. The third-order valence-corrected chi connectivity index (χ3v) is 4.03. The van der Waals surface area contributed by atoms with E-state index in [1.54, 1.807) is 7.11 Å². The van der Waals surface area contributed by atoms with E-state index < -0.39 is 0 Å². The van der Waals surface area contributed by atoms with Crippen molar-refractivity contribution in [2.45, 2.75) is 70.5 Å². The van der Waals surface area contributed by atoms with Crippen LogP contribution in [0.1, 0.15) is 72.1 Å². The second kappa shape index (κ2) is 5.36.